The standard InChI is InChI=1S/C43H34ClFN2O6/c1-3-8-23-11-7-12-30(38(23)49)36-28-18-19-29-35(31(28)22-32-40(51)47(42(53)43(32,36)2)27-17-20-34(45)33(44)21-27)41(52)46(39(29)50)26-15-13-25(14-16-26)37(48)24-9-5-4-6-10-24/h3-7,9-18,20-21,29,31-32,35-36,49H,1,8,19,22H2,2H3/t29-,31+,32-,35-,36+,43+/m0/s1. The molecule has 0 spiro atoms. The van der Waals surface area contributed by atoms with Crippen LogP contribution in [0.1, 0.15) is 52.7 Å². The van der Waals surface area contributed by atoms with Gasteiger partial charge in [0.2, 0.25) is 23.6 Å². The minimum Gasteiger partial charge on any atom is -0.507 e. The smallest absolute Gasteiger partial charge is 0.241 e. The number of phenols is 1. The summed E-state index contributed by atoms with van der Waals surface area (Å²) in [6.07, 6.45) is 4.23. The first-order chi connectivity index (χ1) is 25.5. The number of amides is 4. The zero-order valence-corrected chi connectivity index (χ0v) is 29.4. The summed E-state index contributed by atoms with van der Waals surface area (Å²) < 4.78 is 14.2. The van der Waals surface area contributed by atoms with Gasteiger partial charge in [-0.3, -0.25) is 28.9 Å². The molecule has 0 aromatic heterocycles. The summed E-state index contributed by atoms with van der Waals surface area (Å²) in [5.74, 6) is -6.76. The Balaban J connectivity index is 1.20. The zero-order valence-electron chi connectivity index (χ0n) is 28.7. The molecule has 0 bridgehead atoms. The van der Waals surface area contributed by atoms with E-state index < -0.39 is 58.5 Å². The molecule has 10 heteroatoms. The lowest BCUT2D eigenvalue weighted by Crippen LogP contribution is -2.49. The highest BCUT2D eigenvalue weighted by molar-refractivity contribution is 6.32. The van der Waals surface area contributed by atoms with Crippen LogP contribution >= 0.6 is 11.6 Å². The molecule has 4 amide bonds. The second-order valence-electron chi connectivity index (χ2n) is 14.4. The molecule has 8 nitrogen and oxygen atoms in total. The number of carbonyl (C=O) groups is 5. The average Bonchev–Trinajstić information content (AvgIpc) is 3.53. The molecule has 266 valence electrons. The summed E-state index contributed by atoms with van der Waals surface area (Å²) in [5.41, 5.74) is 1.68. The third-order valence-electron chi connectivity index (χ3n) is 11.7. The first kappa shape index (κ1) is 34.4. The van der Waals surface area contributed by atoms with Gasteiger partial charge in [-0.1, -0.05) is 77.9 Å². The maximum absolute atomic E-state index is 14.7. The molecule has 2 saturated heterocycles. The van der Waals surface area contributed by atoms with Gasteiger partial charge in [0, 0.05) is 22.6 Å². The minimum absolute atomic E-state index is 0.0369. The second-order valence-corrected chi connectivity index (χ2v) is 14.8. The Kier molecular flexibility index (Phi) is 8.29. The maximum atomic E-state index is 14.7. The van der Waals surface area contributed by atoms with Crippen LogP contribution in [-0.4, -0.2) is 34.5 Å². The van der Waals surface area contributed by atoms with E-state index in [0.717, 1.165) is 11.0 Å². The van der Waals surface area contributed by atoms with Crippen LogP contribution in [0.5, 0.6) is 5.75 Å². The Bertz CT molecular complexity index is 2290. The molecule has 4 aromatic rings. The maximum Gasteiger partial charge on any atom is 0.241 e. The molecule has 1 saturated carbocycles. The number of benzene rings is 4. The normalized spacial score (nSPS) is 26.2. The lowest BCUT2D eigenvalue weighted by molar-refractivity contribution is -0.131. The van der Waals surface area contributed by atoms with E-state index in [1.807, 2.05) is 12.1 Å². The fourth-order valence-corrected chi connectivity index (χ4v) is 9.34. The number of hydrogen-bond donors (Lipinski definition) is 1. The monoisotopic (exact) mass is 728 g/mol. The van der Waals surface area contributed by atoms with Gasteiger partial charge in [-0.05, 0) is 80.1 Å². The number of imide groups is 2. The number of halogens is 2. The molecule has 8 rings (SSSR count). The quantitative estimate of drug-likeness (QED) is 0.119. The summed E-state index contributed by atoms with van der Waals surface area (Å²) in [4.78, 5) is 73.0. The van der Waals surface area contributed by atoms with E-state index in [1.54, 1.807) is 79.7 Å². The van der Waals surface area contributed by atoms with E-state index in [0.29, 0.717) is 39.9 Å². The van der Waals surface area contributed by atoms with Crippen molar-refractivity contribution < 1.29 is 33.5 Å². The minimum atomic E-state index is -1.41. The first-order valence-corrected chi connectivity index (χ1v) is 17.9. The van der Waals surface area contributed by atoms with Crippen LogP contribution in [0.15, 0.2) is 115 Å². The van der Waals surface area contributed by atoms with Crippen molar-refractivity contribution in [2.75, 3.05) is 9.80 Å². The second kappa shape index (κ2) is 12.8. The van der Waals surface area contributed by atoms with E-state index in [4.69, 9.17) is 11.6 Å². The summed E-state index contributed by atoms with van der Waals surface area (Å²) >= 11 is 6.11. The molecule has 3 fully saturated rings. The lowest BCUT2D eigenvalue weighted by Gasteiger charge is -2.49. The van der Waals surface area contributed by atoms with E-state index in [1.165, 1.54) is 17.0 Å². The van der Waals surface area contributed by atoms with Crippen molar-refractivity contribution in [3.8, 4) is 5.75 Å². The number of hydrogen-bond acceptors (Lipinski definition) is 6. The molecule has 0 unspecified atom stereocenters. The summed E-state index contributed by atoms with van der Waals surface area (Å²) in [7, 11) is 0. The molecular weight excluding hydrogens is 695 g/mol. The highest BCUT2D eigenvalue weighted by Gasteiger charge is 2.68. The summed E-state index contributed by atoms with van der Waals surface area (Å²) in [6, 6.07) is 24.1. The molecule has 2 aliphatic heterocycles. The number of ketones is 1. The number of phenolic OH excluding ortho intramolecular Hbond substituents is 1. The molecule has 2 heterocycles. The van der Waals surface area contributed by atoms with E-state index in [9.17, 15) is 33.5 Å². The van der Waals surface area contributed by atoms with Crippen LogP contribution in [0.4, 0.5) is 15.8 Å². The van der Waals surface area contributed by atoms with Gasteiger partial charge in [0.15, 0.2) is 5.78 Å². The van der Waals surface area contributed by atoms with Crippen LogP contribution in [0, 0.1) is 34.9 Å². The van der Waals surface area contributed by atoms with Crippen LogP contribution in [0.3, 0.4) is 0 Å². The average molecular weight is 729 g/mol. The largest absolute Gasteiger partial charge is 0.507 e. The first-order valence-electron chi connectivity index (χ1n) is 17.5. The Labute approximate surface area is 310 Å². The number of aromatic hydroxyl groups is 1. The number of fused-ring (bicyclic) bond motifs is 4. The van der Waals surface area contributed by atoms with Gasteiger partial charge >= 0.3 is 0 Å². The Hall–Kier alpha value is -5.67. The molecule has 4 aliphatic rings. The Morgan fingerprint density at radius 1 is 0.887 bits per heavy atom. The van der Waals surface area contributed by atoms with Gasteiger partial charge in [0.25, 0.3) is 0 Å². The highest BCUT2D eigenvalue weighted by Crippen LogP contribution is 2.64. The van der Waals surface area contributed by atoms with Crippen molar-refractivity contribution >= 4 is 52.4 Å². The molecular formula is C43H34ClFN2O6. The van der Waals surface area contributed by atoms with E-state index in [2.05, 4.69) is 6.58 Å². The molecule has 0 radical (unpaired) electrons. The third kappa shape index (κ3) is 5.12. The third-order valence-corrected chi connectivity index (χ3v) is 12.0. The van der Waals surface area contributed by atoms with Gasteiger partial charge in [-0.25, -0.2) is 9.29 Å². The van der Waals surface area contributed by atoms with Gasteiger partial charge in [0.05, 0.1) is 39.6 Å². The number of carbonyl (C=O) groups excluding carboxylic acids is 5. The fourth-order valence-electron chi connectivity index (χ4n) is 9.17. The van der Waals surface area contributed by atoms with Crippen LogP contribution in [0.2, 0.25) is 5.02 Å². The predicted molar refractivity (Wildman–Crippen MR) is 197 cm³/mol. The summed E-state index contributed by atoms with van der Waals surface area (Å²) in [5, 5.41) is 11.5. The molecule has 6 atom stereocenters. The van der Waals surface area contributed by atoms with Crippen molar-refractivity contribution in [3.63, 3.8) is 0 Å². The number of anilines is 2. The van der Waals surface area contributed by atoms with Crippen LogP contribution < -0.4 is 9.80 Å². The molecule has 53 heavy (non-hydrogen) atoms. The fraction of sp³-hybridized carbons (Fsp3) is 0.233. The Morgan fingerprint density at radius 2 is 1.58 bits per heavy atom. The number of allylic oxidation sites excluding steroid dienone is 3. The van der Waals surface area contributed by atoms with Crippen molar-refractivity contribution in [3.05, 3.63) is 148 Å². The van der Waals surface area contributed by atoms with Gasteiger partial charge in [-0.2, -0.15) is 0 Å². The van der Waals surface area contributed by atoms with E-state index >= 15 is 0 Å². The van der Waals surface area contributed by atoms with Crippen molar-refractivity contribution in [2.24, 2.45) is 29.1 Å². The number of nitrogens with zero attached hydrogens (tertiary/aromatic N) is 2. The predicted octanol–water partition coefficient (Wildman–Crippen LogP) is 7.58. The highest BCUT2D eigenvalue weighted by atomic mass is 35.5. The lowest BCUT2D eigenvalue weighted by atomic mass is 9.51. The van der Waals surface area contributed by atoms with Gasteiger partial charge in [-0.15, -0.1) is 6.58 Å². The summed E-state index contributed by atoms with van der Waals surface area (Å²) in [6.45, 7) is 5.52. The van der Waals surface area contributed by atoms with Crippen molar-refractivity contribution in [2.45, 2.75) is 32.1 Å². The van der Waals surface area contributed by atoms with Crippen LogP contribution in [-0.2, 0) is 25.6 Å². The molecule has 2 aliphatic carbocycles. The zero-order chi connectivity index (χ0) is 37.3. The number of rotatable bonds is 7. The molecule has 1 N–H and O–H groups in total. The van der Waals surface area contributed by atoms with Crippen molar-refractivity contribution in [1.29, 1.82) is 0 Å². The van der Waals surface area contributed by atoms with Gasteiger partial charge in [0.1, 0.15) is 11.6 Å². The van der Waals surface area contributed by atoms with Crippen LogP contribution in [0.25, 0.3) is 0 Å². The van der Waals surface area contributed by atoms with E-state index in [-0.39, 0.29) is 41.0 Å². The SMILES string of the molecule is C=CCc1cccc([C@H]2C3=CC[C@@H]4C(=O)N(c5ccc(C(=O)c6ccccc6)cc5)C(=O)[C@@H]4[C@@H]3C[C@H]3C(=O)N(c4ccc(F)c(Cl)c4)C(=O)[C@@]23C)c1O. The van der Waals surface area contributed by atoms with Crippen molar-refractivity contribution in [1.82, 2.24) is 0 Å². The van der Waals surface area contributed by atoms with Gasteiger partial charge < -0.3 is 5.11 Å². The molecule has 4 aromatic carbocycles. The topological polar surface area (TPSA) is 112 Å². The Morgan fingerprint density at radius 3 is 2.28 bits per heavy atom. The number of para-hydroxylation sites is 1.